The van der Waals surface area contributed by atoms with Crippen molar-refractivity contribution in [1.29, 1.82) is 0 Å². The number of esters is 1. The molecule has 2 aliphatic rings. The molecule has 0 bridgehead atoms. The van der Waals surface area contributed by atoms with Crippen LogP contribution in [-0.4, -0.2) is 31.4 Å². The van der Waals surface area contributed by atoms with Gasteiger partial charge in [0.15, 0.2) is 0 Å². The fraction of sp³-hybridized carbons (Fsp3) is 0.550. The number of carbonyl (C=O) groups excluding carboxylic acids is 1. The molecule has 0 N–H and O–H groups in total. The molecule has 2 atom stereocenters. The van der Waals surface area contributed by atoms with Gasteiger partial charge in [-0.15, -0.1) is 0 Å². The Morgan fingerprint density at radius 2 is 2.00 bits per heavy atom. The van der Waals surface area contributed by atoms with Gasteiger partial charge >= 0.3 is 13.1 Å². The van der Waals surface area contributed by atoms with Gasteiger partial charge in [0.2, 0.25) is 0 Å². The van der Waals surface area contributed by atoms with Gasteiger partial charge < -0.3 is 14.0 Å². The molecule has 0 unspecified atom stereocenters. The molecule has 0 spiro atoms. The second-order valence-electron chi connectivity index (χ2n) is 7.98. The van der Waals surface area contributed by atoms with E-state index in [0.29, 0.717) is 0 Å². The number of hydrogen-bond donors (Lipinski definition) is 0. The summed E-state index contributed by atoms with van der Waals surface area (Å²) in [6.07, 6.45) is 5.75. The van der Waals surface area contributed by atoms with Crippen molar-refractivity contribution in [3.63, 3.8) is 0 Å². The lowest BCUT2D eigenvalue weighted by atomic mass is 9.75. The predicted molar refractivity (Wildman–Crippen MR) is 106 cm³/mol. The maximum absolute atomic E-state index is 12.0. The zero-order valence-electron chi connectivity index (χ0n) is 16.2. The third-order valence-electron chi connectivity index (χ3n) is 5.70. The molecule has 1 aliphatic carbocycles. The summed E-state index contributed by atoms with van der Waals surface area (Å²) in [5.74, 6) is 1.98. The maximum atomic E-state index is 12.0. The molecule has 1 aromatic heterocycles. The Morgan fingerprint density at radius 1 is 1.31 bits per heavy atom. The Morgan fingerprint density at radius 3 is 2.58 bits per heavy atom. The fourth-order valence-electron chi connectivity index (χ4n) is 3.44. The predicted octanol–water partition coefficient (Wildman–Crippen LogP) is 4.52. The number of thiophene rings is 1. The molecular formula is C20H27BO4S. The minimum Gasteiger partial charge on any atom is -0.469 e. The van der Waals surface area contributed by atoms with Crippen LogP contribution in [0.15, 0.2) is 35.0 Å². The number of ether oxygens (including phenoxy) is 1. The van der Waals surface area contributed by atoms with E-state index < -0.39 is 7.12 Å². The van der Waals surface area contributed by atoms with Crippen LogP contribution in [0.1, 0.15) is 46.1 Å². The highest BCUT2D eigenvalue weighted by Gasteiger charge is 2.50. The SMILES string of the molecule is COC(=O)[C@@H]1CC=C[C@H](/C(=C\B2OC(C)(C)C(C)(C)O2)c2ccsc2)C1. The Labute approximate surface area is 160 Å². The molecule has 0 radical (unpaired) electrons. The lowest BCUT2D eigenvalue weighted by Crippen LogP contribution is -2.41. The van der Waals surface area contributed by atoms with Gasteiger partial charge in [0.05, 0.1) is 24.2 Å². The van der Waals surface area contributed by atoms with Crippen LogP contribution in [0.5, 0.6) is 0 Å². The molecule has 0 aromatic carbocycles. The number of rotatable bonds is 4. The van der Waals surface area contributed by atoms with Crippen molar-refractivity contribution in [3.05, 3.63) is 40.5 Å². The van der Waals surface area contributed by atoms with Crippen molar-refractivity contribution >= 4 is 30.0 Å². The monoisotopic (exact) mass is 374 g/mol. The molecule has 0 amide bonds. The summed E-state index contributed by atoms with van der Waals surface area (Å²) in [6.45, 7) is 8.22. The highest BCUT2D eigenvalue weighted by molar-refractivity contribution is 7.08. The van der Waals surface area contributed by atoms with E-state index in [1.165, 1.54) is 7.11 Å². The third-order valence-corrected chi connectivity index (χ3v) is 6.39. The topological polar surface area (TPSA) is 44.8 Å². The normalized spacial score (nSPS) is 27.6. The zero-order chi connectivity index (χ0) is 18.9. The average molecular weight is 374 g/mol. The quantitative estimate of drug-likeness (QED) is 0.442. The van der Waals surface area contributed by atoms with E-state index in [0.717, 1.165) is 24.0 Å². The Bertz CT molecular complexity index is 689. The fourth-order valence-corrected chi connectivity index (χ4v) is 4.11. The van der Waals surface area contributed by atoms with E-state index in [2.05, 4.69) is 62.6 Å². The van der Waals surface area contributed by atoms with E-state index >= 15 is 0 Å². The Balaban J connectivity index is 1.89. The first-order valence-electron chi connectivity index (χ1n) is 9.08. The molecular weight excluding hydrogens is 347 g/mol. The van der Waals surface area contributed by atoms with E-state index in [-0.39, 0.29) is 29.0 Å². The highest BCUT2D eigenvalue weighted by atomic mass is 32.1. The number of allylic oxidation sites excluding steroid dienone is 3. The van der Waals surface area contributed by atoms with Crippen LogP contribution >= 0.6 is 11.3 Å². The number of hydrogen-bond acceptors (Lipinski definition) is 5. The summed E-state index contributed by atoms with van der Waals surface area (Å²) in [4.78, 5) is 12.0. The van der Waals surface area contributed by atoms with Gasteiger partial charge in [-0.1, -0.05) is 12.2 Å². The minimum absolute atomic E-state index is 0.102. The molecule has 1 aromatic rings. The van der Waals surface area contributed by atoms with Crippen molar-refractivity contribution in [1.82, 2.24) is 0 Å². The van der Waals surface area contributed by atoms with Crippen LogP contribution < -0.4 is 0 Å². The summed E-state index contributed by atoms with van der Waals surface area (Å²) in [5, 5.41) is 4.20. The summed E-state index contributed by atoms with van der Waals surface area (Å²) in [7, 11) is 1.05. The Hall–Kier alpha value is -1.37. The first-order chi connectivity index (χ1) is 12.2. The van der Waals surface area contributed by atoms with E-state index in [1.54, 1.807) is 11.3 Å². The van der Waals surface area contributed by atoms with Crippen molar-refractivity contribution in [2.75, 3.05) is 7.11 Å². The molecule has 140 valence electrons. The van der Waals surface area contributed by atoms with Gasteiger partial charge in [-0.05, 0) is 74.5 Å². The van der Waals surface area contributed by atoms with E-state index in [9.17, 15) is 4.79 Å². The molecule has 26 heavy (non-hydrogen) atoms. The van der Waals surface area contributed by atoms with E-state index in [4.69, 9.17) is 14.0 Å². The molecule has 1 fully saturated rings. The van der Waals surface area contributed by atoms with Crippen LogP contribution in [0.25, 0.3) is 5.57 Å². The van der Waals surface area contributed by atoms with Gasteiger partial charge in [-0.2, -0.15) is 11.3 Å². The number of methoxy groups -OCH3 is 1. The molecule has 0 saturated carbocycles. The van der Waals surface area contributed by atoms with Gasteiger partial charge in [0, 0.05) is 5.92 Å². The summed E-state index contributed by atoms with van der Waals surface area (Å²) in [5.41, 5.74) is 1.56. The standard InChI is InChI=1S/C20H27BO4S/c1-19(2)20(3,4)25-21(24-19)12-17(16-9-10-26-13-16)14-7-6-8-15(11-14)18(22)23-5/h6-7,9-10,12-15H,8,11H2,1-5H3/b17-12+/t14-,15+/m0/s1. The first-order valence-corrected chi connectivity index (χ1v) is 10.0. The Kier molecular flexibility index (Phi) is 5.47. The van der Waals surface area contributed by atoms with Crippen LogP contribution in [0.3, 0.4) is 0 Å². The van der Waals surface area contributed by atoms with Crippen LogP contribution in [0, 0.1) is 11.8 Å². The van der Waals surface area contributed by atoms with Gasteiger partial charge in [-0.3, -0.25) is 4.79 Å². The molecule has 2 heterocycles. The maximum Gasteiger partial charge on any atom is 0.487 e. The summed E-state index contributed by atoms with van der Waals surface area (Å²) < 4.78 is 17.3. The minimum atomic E-state index is -0.401. The number of carbonyl (C=O) groups is 1. The summed E-state index contributed by atoms with van der Waals surface area (Å²) in [6, 6.07) is 2.11. The first kappa shape index (κ1) is 19.4. The van der Waals surface area contributed by atoms with Gasteiger partial charge in [0.25, 0.3) is 0 Å². The second-order valence-corrected chi connectivity index (χ2v) is 8.76. The van der Waals surface area contributed by atoms with Crippen LogP contribution in [0.4, 0.5) is 0 Å². The third kappa shape index (κ3) is 3.82. The van der Waals surface area contributed by atoms with Crippen LogP contribution in [0.2, 0.25) is 0 Å². The largest absolute Gasteiger partial charge is 0.487 e. The van der Waals surface area contributed by atoms with Crippen molar-refractivity contribution in [2.45, 2.75) is 51.7 Å². The van der Waals surface area contributed by atoms with Gasteiger partial charge in [0.1, 0.15) is 0 Å². The zero-order valence-corrected chi connectivity index (χ0v) is 17.0. The van der Waals surface area contributed by atoms with Crippen molar-refractivity contribution in [3.8, 4) is 0 Å². The van der Waals surface area contributed by atoms with Crippen molar-refractivity contribution in [2.24, 2.45) is 11.8 Å². The molecule has 1 saturated heterocycles. The van der Waals surface area contributed by atoms with E-state index in [1.807, 2.05) is 0 Å². The lowest BCUT2D eigenvalue weighted by molar-refractivity contribution is -0.145. The smallest absolute Gasteiger partial charge is 0.469 e. The summed E-state index contributed by atoms with van der Waals surface area (Å²) >= 11 is 1.66. The molecule has 1 aliphatic heterocycles. The molecule has 6 heteroatoms. The van der Waals surface area contributed by atoms with Crippen molar-refractivity contribution < 1.29 is 18.8 Å². The second kappa shape index (κ2) is 7.33. The average Bonchev–Trinajstić information content (AvgIpc) is 3.18. The molecule has 4 nitrogen and oxygen atoms in total. The van der Waals surface area contributed by atoms with Gasteiger partial charge in [-0.25, -0.2) is 0 Å². The highest BCUT2D eigenvalue weighted by Crippen LogP contribution is 2.40. The van der Waals surface area contributed by atoms with Crippen LogP contribution in [-0.2, 0) is 18.8 Å². The lowest BCUT2D eigenvalue weighted by Gasteiger charge is -2.32. The molecule has 3 rings (SSSR count).